The fourth-order valence-corrected chi connectivity index (χ4v) is 3.77. The van der Waals surface area contributed by atoms with E-state index in [-0.39, 0.29) is 5.69 Å². The summed E-state index contributed by atoms with van der Waals surface area (Å²) in [6, 6.07) is 13.1. The summed E-state index contributed by atoms with van der Waals surface area (Å²) in [6.07, 6.45) is 0. The van der Waals surface area contributed by atoms with Crippen molar-refractivity contribution in [2.24, 2.45) is 0 Å². The Morgan fingerprint density at radius 3 is 2.03 bits per heavy atom. The van der Waals surface area contributed by atoms with Gasteiger partial charge < -0.3 is 24.4 Å². The van der Waals surface area contributed by atoms with Gasteiger partial charge in [-0.3, -0.25) is 0 Å². The molecule has 1 fully saturated rings. The Morgan fingerprint density at radius 1 is 0.862 bits per heavy atom. The van der Waals surface area contributed by atoms with Gasteiger partial charge in [0, 0.05) is 37.0 Å². The first kappa shape index (κ1) is 18.8. The first-order valence-electron chi connectivity index (χ1n) is 9.33. The molecule has 1 aromatic heterocycles. The van der Waals surface area contributed by atoms with Crippen LogP contribution in [0.5, 0.6) is 11.5 Å². The zero-order valence-electron chi connectivity index (χ0n) is 16.3. The van der Waals surface area contributed by atoms with Gasteiger partial charge in [0.05, 0.1) is 14.2 Å². The van der Waals surface area contributed by atoms with Gasteiger partial charge in [-0.25, -0.2) is 4.79 Å². The molecular weight excluding hydrogens is 372 g/mol. The molecule has 1 aliphatic heterocycles. The molecule has 1 aliphatic rings. The minimum absolute atomic E-state index is 0.0262. The summed E-state index contributed by atoms with van der Waals surface area (Å²) in [7, 11) is 3.31. The van der Waals surface area contributed by atoms with E-state index in [1.54, 1.807) is 20.3 Å². The van der Waals surface area contributed by atoms with E-state index in [4.69, 9.17) is 9.47 Å². The number of carbonyl (C=O) groups is 1. The lowest BCUT2D eigenvalue weighted by Crippen LogP contribution is -2.47. The molecule has 8 heteroatoms. The number of aromatic nitrogens is 2. The molecule has 0 aliphatic carbocycles. The SMILES string of the molecule is COc1cccc(OC)c1N1CCN(c2nnc(C(=O)O)c3ccccc23)CC1. The molecule has 0 unspecified atom stereocenters. The third-order valence-electron chi connectivity index (χ3n) is 5.17. The van der Waals surface area contributed by atoms with Crippen molar-refractivity contribution in [2.75, 3.05) is 50.2 Å². The van der Waals surface area contributed by atoms with Gasteiger partial charge in [-0.15, -0.1) is 10.2 Å². The van der Waals surface area contributed by atoms with E-state index in [9.17, 15) is 9.90 Å². The number of carboxylic acid groups (broad SMARTS) is 1. The normalized spacial score (nSPS) is 14.1. The van der Waals surface area contributed by atoms with Crippen LogP contribution < -0.4 is 19.3 Å². The maximum Gasteiger partial charge on any atom is 0.357 e. The molecule has 0 radical (unpaired) electrons. The van der Waals surface area contributed by atoms with E-state index in [2.05, 4.69) is 20.0 Å². The Kier molecular flexibility index (Phi) is 5.07. The molecule has 0 bridgehead atoms. The molecule has 2 aromatic carbocycles. The number of aromatic carboxylic acids is 1. The van der Waals surface area contributed by atoms with Crippen molar-refractivity contribution in [3.8, 4) is 11.5 Å². The predicted octanol–water partition coefficient (Wildman–Crippen LogP) is 2.67. The zero-order valence-corrected chi connectivity index (χ0v) is 16.3. The zero-order chi connectivity index (χ0) is 20.4. The number of piperazine rings is 1. The summed E-state index contributed by atoms with van der Waals surface area (Å²) in [6.45, 7) is 2.92. The smallest absolute Gasteiger partial charge is 0.357 e. The van der Waals surface area contributed by atoms with Crippen LogP contribution in [0.3, 0.4) is 0 Å². The van der Waals surface area contributed by atoms with Crippen LogP contribution in [0.25, 0.3) is 10.8 Å². The standard InChI is InChI=1S/C21H22N4O4/c1-28-16-8-5-9-17(29-2)19(16)24-10-12-25(13-11-24)20-15-7-4-3-6-14(15)18(21(26)27)22-23-20/h3-9H,10-13H2,1-2H3,(H,26,27). The van der Waals surface area contributed by atoms with Gasteiger partial charge in [0.2, 0.25) is 0 Å². The van der Waals surface area contributed by atoms with Gasteiger partial charge in [-0.1, -0.05) is 30.3 Å². The van der Waals surface area contributed by atoms with Crippen LogP contribution >= 0.6 is 0 Å². The highest BCUT2D eigenvalue weighted by Gasteiger charge is 2.25. The molecule has 0 atom stereocenters. The first-order chi connectivity index (χ1) is 14.1. The molecular formula is C21H22N4O4. The average molecular weight is 394 g/mol. The highest BCUT2D eigenvalue weighted by Crippen LogP contribution is 2.38. The second kappa shape index (κ2) is 7.83. The molecule has 1 saturated heterocycles. The van der Waals surface area contributed by atoms with Crippen LogP contribution in [0.15, 0.2) is 42.5 Å². The quantitative estimate of drug-likeness (QED) is 0.707. The number of hydrogen-bond acceptors (Lipinski definition) is 7. The van der Waals surface area contributed by atoms with Crippen molar-refractivity contribution in [1.29, 1.82) is 0 Å². The molecule has 1 N–H and O–H groups in total. The van der Waals surface area contributed by atoms with Crippen LogP contribution in [0.1, 0.15) is 10.5 Å². The molecule has 8 nitrogen and oxygen atoms in total. The van der Waals surface area contributed by atoms with Gasteiger partial charge >= 0.3 is 5.97 Å². The van der Waals surface area contributed by atoms with E-state index in [1.165, 1.54) is 0 Å². The van der Waals surface area contributed by atoms with Gasteiger partial charge in [-0.2, -0.15) is 0 Å². The van der Waals surface area contributed by atoms with Crippen LogP contribution in [0.4, 0.5) is 11.5 Å². The third-order valence-corrected chi connectivity index (χ3v) is 5.17. The summed E-state index contributed by atoms with van der Waals surface area (Å²) in [5.74, 6) is 1.17. The number of para-hydroxylation sites is 1. The van der Waals surface area contributed by atoms with Crippen molar-refractivity contribution >= 4 is 28.2 Å². The van der Waals surface area contributed by atoms with E-state index < -0.39 is 5.97 Å². The Labute approximate surface area is 168 Å². The Hall–Kier alpha value is -3.55. The number of hydrogen-bond donors (Lipinski definition) is 1. The van der Waals surface area contributed by atoms with Crippen molar-refractivity contribution < 1.29 is 19.4 Å². The van der Waals surface area contributed by atoms with Crippen LogP contribution in [-0.2, 0) is 0 Å². The van der Waals surface area contributed by atoms with Gasteiger partial charge in [0.1, 0.15) is 17.2 Å². The summed E-state index contributed by atoms with van der Waals surface area (Å²) in [5.41, 5.74) is 0.913. The summed E-state index contributed by atoms with van der Waals surface area (Å²) < 4.78 is 11.1. The second-order valence-corrected chi connectivity index (χ2v) is 6.71. The number of ether oxygens (including phenoxy) is 2. The molecule has 2 heterocycles. The van der Waals surface area contributed by atoms with E-state index in [1.807, 2.05) is 36.4 Å². The molecule has 150 valence electrons. The fraction of sp³-hybridized carbons (Fsp3) is 0.286. The van der Waals surface area contributed by atoms with Crippen molar-refractivity contribution in [3.63, 3.8) is 0 Å². The van der Waals surface area contributed by atoms with Gasteiger partial charge in [0.15, 0.2) is 11.5 Å². The Bertz CT molecular complexity index is 1030. The maximum atomic E-state index is 11.5. The molecule has 3 aromatic rings. The highest BCUT2D eigenvalue weighted by molar-refractivity contribution is 6.04. The van der Waals surface area contributed by atoms with Gasteiger partial charge in [0.25, 0.3) is 0 Å². The maximum absolute atomic E-state index is 11.5. The molecule has 4 rings (SSSR count). The molecule has 29 heavy (non-hydrogen) atoms. The number of carboxylic acids is 1. The minimum atomic E-state index is -1.08. The van der Waals surface area contributed by atoms with E-state index >= 15 is 0 Å². The largest absolute Gasteiger partial charge is 0.494 e. The van der Waals surface area contributed by atoms with E-state index in [0.29, 0.717) is 24.3 Å². The van der Waals surface area contributed by atoms with E-state index in [0.717, 1.165) is 35.7 Å². The Balaban J connectivity index is 1.62. The average Bonchev–Trinajstić information content (AvgIpc) is 2.77. The lowest BCUT2D eigenvalue weighted by atomic mass is 10.1. The van der Waals surface area contributed by atoms with Crippen molar-refractivity contribution in [1.82, 2.24) is 10.2 Å². The second-order valence-electron chi connectivity index (χ2n) is 6.71. The monoisotopic (exact) mass is 394 g/mol. The number of nitrogens with zero attached hydrogens (tertiary/aromatic N) is 4. The summed E-state index contributed by atoms with van der Waals surface area (Å²) >= 11 is 0. The third kappa shape index (κ3) is 3.37. The van der Waals surface area contributed by atoms with Crippen molar-refractivity contribution in [2.45, 2.75) is 0 Å². The lowest BCUT2D eigenvalue weighted by molar-refractivity contribution is 0.0691. The fourth-order valence-electron chi connectivity index (χ4n) is 3.77. The topological polar surface area (TPSA) is 88.0 Å². The number of rotatable bonds is 5. The predicted molar refractivity (Wildman–Crippen MR) is 110 cm³/mol. The summed E-state index contributed by atoms with van der Waals surface area (Å²) in [4.78, 5) is 15.8. The molecule has 0 saturated carbocycles. The van der Waals surface area contributed by atoms with Crippen LogP contribution in [-0.4, -0.2) is 61.7 Å². The Morgan fingerprint density at radius 2 is 1.45 bits per heavy atom. The van der Waals surface area contributed by atoms with Gasteiger partial charge in [-0.05, 0) is 12.1 Å². The lowest BCUT2D eigenvalue weighted by Gasteiger charge is -2.37. The van der Waals surface area contributed by atoms with Crippen molar-refractivity contribution in [3.05, 3.63) is 48.2 Å². The highest BCUT2D eigenvalue weighted by atomic mass is 16.5. The minimum Gasteiger partial charge on any atom is -0.494 e. The summed E-state index contributed by atoms with van der Waals surface area (Å²) in [5, 5.41) is 19.0. The van der Waals surface area contributed by atoms with Crippen LogP contribution in [0.2, 0.25) is 0 Å². The van der Waals surface area contributed by atoms with Crippen LogP contribution in [0, 0.1) is 0 Å². The molecule has 0 amide bonds. The number of fused-ring (bicyclic) bond motifs is 1. The number of benzene rings is 2. The number of anilines is 2. The first-order valence-corrected chi connectivity index (χ1v) is 9.33. The molecule has 0 spiro atoms. The number of methoxy groups -OCH3 is 2.